The second kappa shape index (κ2) is 5.67. The molecule has 0 spiro atoms. The molecule has 0 aromatic rings. The quantitative estimate of drug-likeness (QED) is 0.806. The first-order valence-electron chi connectivity index (χ1n) is 6.78. The Balaban J connectivity index is 1.78. The SMILES string of the molecule is CCN1CCCC1CNC1CCCS(=O)(=O)C1. The van der Waals surface area contributed by atoms with E-state index in [0.717, 1.165) is 25.9 Å². The van der Waals surface area contributed by atoms with Crippen molar-refractivity contribution >= 4 is 9.84 Å². The van der Waals surface area contributed by atoms with Crippen LogP contribution in [0.25, 0.3) is 0 Å². The highest BCUT2D eigenvalue weighted by Gasteiger charge is 2.27. The van der Waals surface area contributed by atoms with Crippen LogP contribution in [0.4, 0.5) is 0 Å². The molecule has 0 radical (unpaired) electrons. The molecule has 1 N–H and O–H groups in total. The fraction of sp³-hybridized carbons (Fsp3) is 1.00. The molecule has 2 unspecified atom stereocenters. The van der Waals surface area contributed by atoms with Crippen LogP contribution in [0.1, 0.15) is 32.6 Å². The van der Waals surface area contributed by atoms with Crippen LogP contribution in [-0.2, 0) is 9.84 Å². The first kappa shape index (κ1) is 13.3. The summed E-state index contributed by atoms with van der Waals surface area (Å²) in [6.07, 6.45) is 4.36. The van der Waals surface area contributed by atoms with Crippen molar-refractivity contribution in [1.29, 1.82) is 0 Å². The summed E-state index contributed by atoms with van der Waals surface area (Å²) in [5.74, 6) is 0.724. The van der Waals surface area contributed by atoms with E-state index in [0.29, 0.717) is 17.5 Å². The highest BCUT2D eigenvalue weighted by molar-refractivity contribution is 7.91. The molecule has 2 fully saturated rings. The van der Waals surface area contributed by atoms with E-state index in [2.05, 4.69) is 17.1 Å². The van der Waals surface area contributed by atoms with E-state index in [9.17, 15) is 8.42 Å². The lowest BCUT2D eigenvalue weighted by Crippen LogP contribution is -2.46. The van der Waals surface area contributed by atoms with Crippen LogP contribution in [0.15, 0.2) is 0 Å². The van der Waals surface area contributed by atoms with E-state index < -0.39 is 9.84 Å². The van der Waals surface area contributed by atoms with Crippen molar-refractivity contribution in [2.75, 3.05) is 31.1 Å². The Morgan fingerprint density at radius 1 is 1.29 bits per heavy atom. The van der Waals surface area contributed by atoms with Crippen molar-refractivity contribution in [2.24, 2.45) is 0 Å². The van der Waals surface area contributed by atoms with Crippen molar-refractivity contribution in [3.05, 3.63) is 0 Å². The van der Waals surface area contributed by atoms with Gasteiger partial charge in [-0.25, -0.2) is 8.42 Å². The van der Waals surface area contributed by atoms with Gasteiger partial charge >= 0.3 is 0 Å². The van der Waals surface area contributed by atoms with Crippen LogP contribution in [0, 0.1) is 0 Å². The summed E-state index contributed by atoms with van der Waals surface area (Å²) >= 11 is 0. The predicted octanol–water partition coefficient (Wildman–Crippen LogP) is 0.638. The van der Waals surface area contributed by atoms with Crippen LogP contribution in [-0.4, -0.2) is 56.5 Å². The zero-order valence-electron chi connectivity index (χ0n) is 10.7. The molecule has 2 rings (SSSR count). The van der Waals surface area contributed by atoms with Gasteiger partial charge in [0.25, 0.3) is 0 Å². The number of nitrogens with zero attached hydrogens (tertiary/aromatic N) is 1. The van der Waals surface area contributed by atoms with Crippen molar-refractivity contribution in [3.63, 3.8) is 0 Å². The molecule has 0 amide bonds. The third kappa shape index (κ3) is 3.66. The van der Waals surface area contributed by atoms with Gasteiger partial charge in [0, 0.05) is 18.6 Å². The summed E-state index contributed by atoms with van der Waals surface area (Å²) in [5, 5.41) is 3.46. The Kier molecular flexibility index (Phi) is 4.44. The summed E-state index contributed by atoms with van der Waals surface area (Å²) in [7, 11) is -2.77. The fourth-order valence-electron chi connectivity index (χ4n) is 3.03. The minimum atomic E-state index is -2.77. The number of likely N-dealkylation sites (N-methyl/N-ethyl adjacent to an activating group) is 1. The molecular formula is C12H24N2O2S. The number of likely N-dealkylation sites (tertiary alicyclic amines) is 1. The van der Waals surface area contributed by atoms with E-state index in [1.807, 2.05) is 0 Å². The third-order valence-electron chi connectivity index (χ3n) is 4.01. The number of hydrogen-bond acceptors (Lipinski definition) is 4. The third-order valence-corrected chi connectivity index (χ3v) is 5.83. The second-order valence-corrected chi connectivity index (χ2v) is 7.52. The Hall–Kier alpha value is -0.130. The van der Waals surface area contributed by atoms with E-state index >= 15 is 0 Å². The molecular weight excluding hydrogens is 236 g/mol. The molecule has 5 heteroatoms. The maximum atomic E-state index is 11.5. The predicted molar refractivity (Wildman–Crippen MR) is 69.9 cm³/mol. The average molecular weight is 260 g/mol. The highest BCUT2D eigenvalue weighted by atomic mass is 32.2. The normalized spacial score (nSPS) is 33.9. The monoisotopic (exact) mass is 260 g/mol. The molecule has 4 nitrogen and oxygen atoms in total. The van der Waals surface area contributed by atoms with Gasteiger partial charge in [0.05, 0.1) is 11.5 Å². The Morgan fingerprint density at radius 2 is 2.12 bits per heavy atom. The molecule has 0 aliphatic carbocycles. The molecule has 2 aliphatic rings. The van der Waals surface area contributed by atoms with Gasteiger partial charge in [-0.3, -0.25) is 4.90 Å². The maximum absolute atomic E-state index is 11.5. The number of nitrogens with one attached hydrogen (secondary N) is 1. The standard InChI is InChI=1S/C12H24N2O2S/c1-2-14-7-3-6-12(14)9-13-11-5-4-8-17(15,16)10-11/h11-13H,2-10H2,1H3. The van der Waals surface area contributed by atoms with Crippen molar-refractivity contribution in [1.82, 2.24) is 10.2 Å². The van der Waals surface area contributed by atoms with Crippen LogP contribution in [0.5, 0.6) is 0 Å². The van der Waals surface area contributed by atoms with E-state index in [1.54, 1.807) is 0 Å². The molecule has 2 aliphatic heterocycles. The fourth-order valence-corrected chi connectivity index (χ4v) is 4.70. The lowest BCUT2D eigenvalue weighted by Gasteiger charge is -2.28. The van der Waals surface area contributed by atoms with Gasteiger partial charge in [0.1, 0.15) is 0 Å². The van der Waals surface area contributed by atoms with Crippen LogP contribution in [0.2, 0.25) is 0 Å². The molecule has 2 saturated heterocycles. The van der Waals surface area contributed by atoms with Crippen molar-refractivity contribution in [2.45, 2.75) is 44.7 Å². The Bertz CT molecular complexity index is 342. The van der Waals surface area contributed by atoms with Gasteiger partial charge < -0.3 is 5.32 Å². The summed E-state index contributed by atoms with van der Waals surface area (Å²) < 4.78 is 23.1. The number of rotatable bonds is 4. The zero-order chi connectivity index (χ0) is 12.3. The topological polar surface area (TPSA) is 49.4 Å². The summed E-state index contributed by atoms with van der Waals surface area (Å²) in [5.41, 5.74) is 0. The molecule has 0 aromatic carbocycles. The molecule has 0 aromatic heterocycles. The minimum Gasteiger partial charge on any atom is -0.311 e. The van der Waals surface area contributed by atoms with Gasteiger partial charge in [0.2, 0.25) is 0 Å². The van der Waals surface area contributed by atoms with E-state index in [1.165, 1.54) is 19.4 Å². The summed E-state index contributed by atoms with van der Waals surface area (Å²) in [6, 6.07) is 0.803. The van der Waals surface area contributed by atoms with Gasteiger partial charge in [0.15, 0.2) is 9.84 Å². The van der Waals surface area contributed by atoms with E-state index in [4.69, 9.17) is 0 Å². The smallest absolute Gasteiger partial charge is 0.151 e. The molecule has 17 heavy (non-hydrogen) atoms. The molecule has 100 valence electrons. The summed E-state index contributed by atoms with van der Waals surface area (Å²) in [4.78, 5) is 2.49. The first-order chi connectivity index (χ1) is 8.11. The van der Waals surface area contributed by atoms with Gasteiger partial charge in [-0.1, -0.05) is 6.92 Å². The van der Waals surface area contributed by atoms with Gasteiger partial charge in [-0.2, -0.15) is 0 Å². The number of hydrogen-bond donors (Lipinski definition) is 1. The second-order valence-electron chi connectivity index (χ2n) is 5.29. The first-order valence-corrected chi connectivity index (χ1v) is 8.61. The molecule has 2 atom stereocenters. The molecule has 2 heterocycles. The number of sulfone groups is 1. The molecule has 0 saturated carbocycles. The van der Waals surface area contributed by atoms with Crippen molar-refractivity contribution in [3.8, 4) is 0 Å². The maximum Gasteiger partial charge on any atom is 0.151 e. The van der Waals surface area contributed by atoms with Gasteiger partial charge in [-0.15, -0.1) is 0 Å². The van der Waals surface area contributed by atoms with Crippen molar-refractivity contribution < 1.29 is 8.42 Å². The minimum absolute atomic E-state index is 0.188. The van der Waals surface area contributed by atoms with E-state index in [-0.39, 0.29) is 6.04 Å². The lowest BCUT2D eigenvalue weighted by atomic mass is 10.1. The highest BCUT2D eigenvalue weighted by Crippen LogP contribution is 2.17. The largest absolute Gasteiger partial charge is 0.311 e. The van der Waals surface area contributed by atoms with Gasteiger partial charge in [-0.05, 0) is 38.8 Å². The zero-order valence-corrected chi connectivity index (χ0v) is 11.5. The average Bonchev–Trinajstić information content (AvgIpc) is 2.72. The van der Waals surface area contributed by atoms with Crippen LogP contribution >= 0.6 is 0 Å². The Labute approximate surface area is 105 Å². The molecule has 0 bridgehead atoms. The summed E-state index contributed by atoms with van der Waals surface area (Å²) in [6.45, 7) is 5.46. The Morgan fingerprint density at radius 3 is 2.82 bits per heavy atom. The van der Waals surface area contributed by atoms with Crippen LogP contribution < -0.4 is 5.32 Å². The lowest BCUT2D eigenvalue weighted by molar-refractivity contribution is 0.253. The van der Waals surface area contributed by atoms with Crippen LogP contribution in [0.3, 0.4) is 0 Å².